The van der Waals surface area contributed by atoms with Crippen LogP contribution in [0, 0.1) is 0 Å². The fraction of sp³-hybridized carbons (Fsp3) is 0.545. The lowest BCUT2D eigenvalue weighted by atomic mass is 10.3. The van der Waals surface area contributed by atoms with Crippen molar-refractivity contribution >= 4 is 17.1 Å². The van der Waals surface area contributed by atoms with Gasteiger partial charge >= 0.3 is 5.69 Å². The van der Waals surface area contributed by atoms with E-state index in [1.165, 1.54) is 11.6 Å². The SMILES string of the molecule is Cn1c(=O)c2[nH]c(NC3CCOC3)nc2n(C)c1=O. The lowest BCUT2D eigenvalue weighted by Gasteiger charge is -2.07. The Labute approximate surface area is 108 Å². The van der Waals surface area contributed by atoms with Crippen LogP contribution in [0.25, 0.3) is 11.2 Å². The number of hydrogen-bond acceptors (Lipinski definition) is 5. The van der Waals surface area contributed by atoms with Gasteiger partial charge in [0.15, 0.2) is 11.2 Å². The van der Waals surface area contributed by atoms with Crippen LogP contribution in [-0.2, 0) is 18.8 Å². The summed E-state index contributed by atoms with van der Waals surface area (Å²) < 4.78 is 7.67. The van der Waals surface area contributed by atoms with Crippen LogP contribution in [0.5, 0.6) is 0 Å². The Morgan fingerprint density at radius 2 is 2.16 bits per heavy atom. The molecule has 19 heavy (non-hydrogen) atoms. The van der Waals surface area contributed by atoms with Crippen molar-refractivity contribution in [3.8, 4) is 0 Å². The third kappa shape index (κ3) is 1.84. The van der Waals surface area contributed by atoms with Crippen molar-refractivity contribution in [3.05, 3.63) is 20.8 Å². The molecule has 1 aliphatic rings. The van der Waals surface area contributed by atoms with Gasteiger partial charge in [0.05, 0.1) is 12.6 Å². The van der Waals surface area contributed by atoms with Crippen LogP contribution in [0.2, 0.25) is 0 Å². The quantitative estimate of drug-likeness (QED) is 0.738. The van der Waals surface area contributed by atoms with Crippen molar-refractivity contribution in [2.45, 2.75) is 12.5 Å². The van der Waals surface area contributed by atoms with Gasteiger partial charge in [0.25, 0.3) is 5.56 Å². The molecule has 8 heteroatoms. The summed E-state index contributed by atoms with van der Waals surface area (Å²) >= 11 is 0. The highest BCUT2D eigenvalue weighted by atomic mass is 16.5. The first-order valence-corrected chi connectivity index (χ1v) is 6.08. The Hall–Kier alpha value is -2.09. The minimum absolute atomic E-state index is 0.182. The zero-order valence-corrected chi connectivity index (χ0v) is 10.8. The van der Waals surface area contributed by atoms with E-state index in [4.69, 9.17) is 4.74 Å². The number of ether oxygens (including phenoxy) is 1. The number of imidazole rings is 1. The number of nitrogens with one attached hydrogen (secondary N) is 2. The van der Waals surface area contributed by atoms with E-state index in [0.29, 0.717) is 23.7 Å². The standard InChI is InChI=1S/C11H15N5O3/c1-15-8-7(9(17)16(2)11(15)18)13-10(14-8)12-6-3-4-19-5-6/h6H,3-5H2,1-2H3,(H2,12,13,14). The van der Waals surface area contributed by atoms with Crippen molar-refractivity contribution in [2.24, 2.45) is 14.1 Å². The lowest BCUT2D eigenvalue weighted by molar-refractivity contribution is 0.195. The molecule has 1 unspecified atom stereocenters. The van der Waals surface area contributed by atoms with Crippen LogP contribution < -0.4 is 16.6 Å². The largest absolute Gasteiger partial charge is 0.379 e. The van der Waals surface area contributed by atoms with Crippen molar-refractivity contribution in [1.82, 2.24) is 19.1 Å². The van der Waals surface area contributed by atoms with Gasteiger partial charge in [-0.1, -0.05) is 0 Å². The summed E-state index contributed by atoms with van der Waals surface area (Å²) in [6, 6.07) is 0.182. The van der Waals surface area contributed by atoms with E-state index in [2.05, 4.69) is 15.3 Å². The summed E-state index contributed by atoms with van der Waals surface area (Å²) in [5.41, 5.74) is -0.0818. The topological polar surface area (TPSA) is 93.9 Å². The van der Waals surface area contributed by atoms with Gasteiger partial charge in [-0.15, -0.1) is 0 Å². The number of aryl methyl sites for hydroxylation is 1. The molecule has 0 spiro atoms. The molecule has 0 aromatic carbocycles. The molecule has 3 rings (SSSR count). The Balaban J connectivity index is 2.10. The van der Waals surface area contributed by atoms with Crippen LogP contribution in [0.1, 0.15) is 6.42 Å². The summed E-state index contributed by atoms with van der Waals surface area (Å²) in [5, 5.41) is 3.17. The zero-order valence-electron chi connectivity index (χ0n) is 10.8. The molecule has 1 saturated heterocycles. The van der Waals surface area contributed by atoms with Crippen LogP contribution in [-0.4, -0.2) is 38.4 Å². The van der Waals surface area contributed by atoms with Gasteiger partial charge < -0.3 is 15.0 Å². The molecule has 1 fully saturated rings. The Morgan fingerprint density at radius 3 is 2.84 bits per heavy atom. The number of nitrogens with zero attached hydrogens (tertiary/aromatic N) is 3. The van der Waals surface area contributed by atoms with Crippen molar-refractivity contribution in [3.63, 3.8) is 0 Å². The van der Waals surface area contributed by atoms with Crippen LogP contribution in [0.15, 0.2) is 9.59 Å². The molecule has 8 nitrogen and oxygen atoms in total. The minimum Gasteiger partial charge on any atom is -0.379 e. The highest BCUT2D eigenvalue weighted by molar-refractivity contribution is 5.72. The maximum Gasteiger partial charge on any atom is 0.332 e. The van der Waals surface area contributed by atoms with Gasteiger partial charge in [0.2, 0.25) is 5.95 Å². The minimum atomic E-state index is -0.389. The van der Waals surface area contributed by atoms with Crippen LogP contribution >= 0.6 is 0 Å². The van der Waals surface area contributed by atoms with E-state index in [1.54, 1.807) is 7.05 Å². The normalized spacial score (nSPS) is 19.2. The molecule has 0 amide bonds. The third-order valence-electron chi connectivity index (χ3n) is 3.37. The summed E-state index contributed by atoms with van der Waals surface area (Å²) in [5.74, 6) is 0.490. The van der Waals surface area contributed by atoms with Gasteiger partial charge in [-0.25, -0.2) is 4.79 Å². The van der Waals surface area contributed by atoms with E-state index < -0.39 is 0 Å². The first-order valence-electron chi connectivity index (χ1n) is 6.08. The molecule has 1 atom stereocenters. The second-order valence-electron chi connectivity index (χ2n) is 4.69. The number of anilines is 1. The molecule has 2 N–H and O–H groups in total. The van der Waals surface area contributed by atoms with Crippen molar-refractivity contribution in [2.75, 3.05) is 18.5 Å². The molecule has 0 aliphatic carbocycles. The molecular formula is C11H15N5O3. The first kappa shape index (κ1) is 12.0. The van der Waals surface area contributed by atoms with E-state index in [1.807, 2.05) is 0 Å². The van der Waals surface area contributed by atoms with E-state index in [-0.39, 0.29) is 17.3 Å². The van der Waals surface area contributed by atoms with Gasteiger partial charge in [-0.05, 0) is 6.42 Å². The number of hydrogen-bond donors (Lipinski definition) is 2. The van der Waals surface area contributed by atoms with Gasteiger partial charge in [0.1, 0.15) is 0 Å². The maximum atomic E-state index is 12.0. The Morgan fingerprint density at radius 1 is 1.37 bits per heavy atom. The molecular weight excluding hydrogens is 250 g/mol. The number of fused-ring (bicyclic) bond motifs is 1. The van der Waals surface area contributed by atoms with E-state index in [0.717, 1.165) is 17.6 Å². The van der Waals surface area contributed by atoms with Crippen LogP contribution in [0.3, 0.4) is 0 Å². The monoisotopic (exact) mass is 265 g/mol. The Bertz CT molecular complexity index is 735. The number of aromatic amines is 1. The van der Waals surface area contributed by atoms with E-state index in [9.17, 15) is 9.59 Å². The van der Waals surface area contributed by atoms with E-state index >= 15 is 0 Å². The molecule has 2 aromatic heterocycles. The average Bonchev–Trinajstić information content (AvgIpc) is 3.04. The second kappa shape index (κ2) is 4.23. The van der Waals surface area contributed by atoms with Crippen LogP contribution in [0.4, 0.5) is 5.95 Å². The molecule has 0 radical (unpaired) electrons. The van der Waals surface area contributed by atoms with Crippen molar-refractivity contribution < 1.29 is 4.74 Å². The number of rotatable bonds is 2. The maximum absolute atomic E-state index is 12.0. The Kier molecular flexibility index (Phi) is 2.67. The average molecular weight is 265 g/mol. The fourth-order valence-corrected chi connectivity index (χ4v) is 2.24. The first-order chi connectivity index (χ1) is 9.08. The smallest absolute Gasteiger partial charge is 0.332 e. The highest BCUT2D eigenvalue weighted by Crippen LogP contribution is 2.13. The highest BCUT2D eigenvalue weighted by Gasteiger charge is 2.18. The summed E-state index contributed by atoms with van der Waals surface area (Å²) in [7, 11) is 3.04. The van der Waals surface area contributed by atoms with Gasteiger partial charge in [0, 0.05) is 20.7 Å². The second-order valence-corrected chi connectivity index (χ2v) is 4.69. The molecule has 102 valence electrons. The number of aromatic nitrogens is 4. The molecule has 0 saturated carbocycles. The summed E-state index contributed by atoms with van der Waals surface area (Å²) in [6.07, 6.45) is 0.897. The summed E-state index contributed by atoms with van der Waals surface area (Å²) in [4.78, 5) is 31.0. The zero-order chi connectivity index (χ0) is 13.6. The molecule has 2 aromatic rings. The third-order valence-corrected chi connectivity index (χ3v) is 3.37. The molecule has 3 heterocycles. The molecule has 0 bridgehead atoms. The number of H-pyrrole nitrogens is 1. The summed E-state index contributed by atoms with van der Waals surface area (Å²) in [6.45, 7) is 1.34. The predicted octanol–water partition coefficient (Wildman–Crippen LogP) is -0.839. The van der Waals surface area contributed by atoms with Crippen molar-refractivity contribution in [1.29, 1.82) is 0 Å². The predicted molar refractivity (Wildman–Crippen MR) is 69.4 cm³/mol. The fourth-order valence-electron chi connectivity index (χ4n) is 2.24. The lowest BCUT2D eigenvalue weighted by Crippen LogP contribution is -2.36. The van der Waals surface area contributed by atoms with Gasteiger partial charge in [-0.3, -0.25) is 13.9 Å². The van der Waals surface area contributed by atoms with Gasteiger partial charge in [-0.2, -0.15) is 4.98 Å². The molecule has 1 aliphatic heterocycles.